The number of amides is 1. The SMILES string of the molecule is CCOC(=O)CN(CCN(CCN(CC(=O)OCC)CC(=O)OCC)C(CCCc1ccc(C(CC)ONC(=O)OC(C)(C)C)cc1)C(=O)OCC)CC(=O)OCC. The van der Waals surface area contributed by atoms with Crippen molar-refractivity contribution in [3.63, 3.8) is 0 Å². The maximum absolute atomic E-state index is 13.7. The van der Waals surface area contributed by atoms with Gasteiger partial charge in [0.25, 0.3) is 0 Å². The van der Waals surface area contributed by atoms with Crippen LogP contribution in [0.15, 0.2) is 24.3 Å². The molecule has 0 spiro atoms. The number of nitrogens with zero attached hydrogens (tertiary/aromatic N) is 3. The Kier molecular flexibility index (Phi) is 25.8. The van der Waals surface area contributed by atoms with Gasteiger partial charge in [-0.25, -0.2) is 4.79 Å². The number of carbonyl (C=O) groups excluding carboxylic acids is 6. The molecule has 0 fully saturated rings. The van der Waals surface area contributed by atoms with Gasteiger partial charge >= 0.3 is 35.9 Å². The molecule has 1 aromatic rings. The van der Waals surface area contributed by atoms with Crippen LogP contribution >= 0.6 is 0 Å². The maximum Gasteiger partial charge on any atom is 0.431 e. The van der Waals surface area contributed by atoms with Crippen LogP contribution < -0.4 is 5.48 Å². The van der Waals surface area contributed by atoms with Gasteiger partial charge in [-0.15, -0.1) is 0 Å². The lowest BCUT2D eigenvalue weighted by molar-refractivity contribution is -0.152. The Labute approximate surface area is 344 Å². The summed E-state index contributed by atoms with van der Waals surface area (Å²) in [5.74, 6) is -2.52. The third-order valence-electron chi connectivity index (χ3n) is 8.39. The Hall–Kier alpha value is -4.32. The molecule has 0 aromatic heterocycles. The molecule has 0 radical (unpaired) electrons. The molecular weight excluding hydrogens is 756 g/mol. The van der Waals surface area contributed by atoms with Crippen molar-refractivity contribution in [2.75, 3.05) is 85.4 Å². The van der Waals surface area contributed by atoms with Crippen LogP contribution in [0.2, 0.25) is 0 Å². The Morgan fingerprint density at radius 1 is 0.621 bits per heavy atom. The normalized spacial score (nSPS) is 12.5. The molecule has 1 rings (SSSR count). The predicted octanol–water partition coefficient (Wildman–Crippen LogP) is 4.01. The quantitative estimate of drug-likeness (QED) is 0.0693. The van der Waals surface area contributed by atoms with Crippen LogP contribution in [-0.2, 0) is 63.7 Å². The van der Waals surface area contributed by atoms with Gasteiger partial charge < -0.3 is 28.4 Å². The zero-order valence-electron chi connectivity index (χ0n) is 36.1. The van der Waals surface area contributed by atoms with Crippen molar-refractivity contribution < 1.29 is 62.0 Å². The average molecular weight is 825 g/mol. The molecule has 17 heteroatoms. The van der Waals surface area contributed by atoms with E-state index >= 15 is 0 Å². The second-order valence-corrected chi connectivity index (χ2v) is 14.2. The minimum absolute atomic E-state index is 0.143. The number of ether oxygens (including phenoxy) is 6. The lowest BCUT2D eigenvalue weighted by Crippen LogP contribution is -2.50. The number of esters is 5. The number of nitrogens with one attached hydrogen (secondary N) is 1. The van der Waals surface area contributed by atoms with Crippen molar-refractivity contribution in [3.05, 3.63) is 35.4 Å². The van der Waals surface area contributed by atoms with E-state index in [2.05, 4.69) is 5.48 Å². The molecule has 17 nitrogen and oxygen atoms in total. The third kappa shape index (κ3) is 22.6. The van der Waals surface area contributed by atoms with E-state index in [-0.39, 0.29) is 85.4 Å². The number of hydrogen-bond acceptors (Lipinski definition) is 16. The van der Waals surface area contributed by atoms with Gasteiger partial charge in [0, 0.05) is 26.2 Å². The van der Waals surface area contributed by atoms with E-state index in [4.69, 9.17) is 33.3 Å². The van der Waals surface area contributed by atoms with Crippen LogP contribution in [0.25, 0.3) is 0 Å². The fourth-order valence-corrected chi connectivity index (χ4v) is 5.84. The highest BCUT2D eigenvalue weighted by Gasteiger charge is 2.29. The second kappa shape index (κ2) is 29.0. The highest BCUT2D eigenvalue weighted by molar-refractivity contribution is 5.76. The summed E-state index contributed by atoms with van der Waals surface area (Å²) in [6.45, 7) is 16.6. The highest BCUT2D eigenvalue weighted by atomic mass is 16.7. The van der Waals surface area contributed by atoms with Gasteiger partial charge in [0.2, 0.25) is 0 Å². The number of rotatable bonds is 29. The van der Waals surface area contributed by atoms with Gasteiger partial charge in [-0.05, 0) is 92.2 Å². The van der Waals surface area contributed by atoms with E-state index in [9.17, 15) is 28.8 Å². The summed E-state index contributed by atoms with van der Waals surface area (Å²) >= 11 is 0. The molecule has 330 valence electrons. The van der Waals surface area contributed by atoms with Crippen LogP contribution in [0.1, 0.15) is 98.8 Å². The molecule has 0 saturated heterocycles. The van der Waals surface area contributed by atoms with Crippen LogP contribution in [0.4, 0.5) is 4.79 Å². The van der Waals surface area contributed by atoms with Crippen molar-refractivity contribution in [1.82, 2.24) is 20.2 Å². The molecule has 0 aliphatic heterocycles. The molecule has 0 heterocycles. The maximum atomic E-state index is 13.7. The molecule has 2 atom stereocenters. The van der Waals surface area contributed by atoms with Gasteiger partial charge in [0.15, 0.2) is 0 Å². The standard InChI is InChI=1S/C41H68N4O13/c1-10-34(58-42-40(51)57-41(7,8)9)32-21-19-31(20-22-32)17-16-18-33(39(50)56-15-6)45(25-23-43(27-35(46)52-11-2)28-36(47)53-12-3)26-24-44(29-37(48)54-13-4)30-38(49)55-14-5/h19-22,33-34H,10-18,23-30H2,1-9H3,(H,42,51). The molecule has 0 saturated carbocycles. The number of aryl methyl sites for hydroxylation is 1. The topological polar surface area (TPSA) is 189 Å². The van der Waals surface area contributed by atoms with Crippen LogP contribution in [-0.4, -0.2) is 148 Å². The van der Waals surface area contributed by atoms with E-state index in [0.29, 0.717) is 25.7 Å². The lowest BCUT2D eigenvalue weighted by Gasteiger charge is -2.33. The zero-order valence-corrected chi connectivity index (χ0v) is 36.1. The Bertz CT molecular complexity index is 1300. The first kappa shape index (κ1) is 51.7. The first-order chi connectivity index (χ1) is 27.6. The summed E-state index contributed by atoms with van der Waals surface area (Å²) in [5.41, 5.74) is 3.58. The molecule has 2 unspecified atom stereocenters. The molecule has 0 aliphatic carbocycles. The fraction of sp³-hybridized carbons (Fsp3) is 0.707. The number of hydroxylamine groups is 1. The molecule has 1 amide bonds. The van der Waals surface area contributed by atoms with Gasteiger partial charge in [0.1, 0.15) is 17.7 Å². The van der Waals surface area contributed by atoms with E-state index < -0.39 is 53.7 Å². The first-order valence-electron chi connectivity index (χ1n) is 20.3. The van der Waals surface area contributed by atoms with Crippen LogP contribution in [0.3, 0.4) is 0 Å². The highest BCUT2D eigenvalue weighted by Crippen LogP contribution is 2.22. The number of carbonyl (C=O) groups is 6. The zero-order chi connectivity index (χ0) is 43.5. The van der Waals surface area contributed by atoms with Gasteiger partial charge in [0.05, 0.1) is 59.2 Å². The summed E-state index contributed by atoms with van der Waals surface area (Å²) in [6, 6.07) is 7.04. The van der Waals surface area contributed by atoms with Crippen LogP contribution in [0, 0.1) is 0 Å². The second-order valence-electron chi connectivity index (χ2n) is 14.2. The molecule has 1 N–H and O–H groups in total. The molecular formula is C41H68N4O13. The van der Waals surface area contributed by atoms with E-state index in [1.54, 1.807) is 65.2 Å². The molecule has 0 aliphatic rings. The minimum Gasteiger partial charge on any atom is -0.465 e. The Balaban J connectivity index is 3.33. The number of hydrogen-bond donors (Lipinski definition) is 1. The van der Waals surface area contributed by atoms with Crippen molar-refractivity contribution >= 4 is 35.9 Å². The largest absolute Gasteiger partial charge is 0.465 e. The lowest BCUT2D eigenvalue weighted by atomic mass is 10.0. The molecule has 58 heavy (non-hydrogen) atoms. The van der Waals surface area contributed by atoms with Crippen molar-refractivity contribution in [2.24, 2.45) is 0 Å². The van der Waals surface area contributed by atoms with Gasteiger partial charge in [-0.1, -0.05) is 31.2 Å². The van der Waals surface area contributed by atoms with Gasteiger partial charge in [-0.3, -0.25) is 43.5 Å². The van der Waals surface area contributed by atoms with Gasteiger partial charge in [-0.2, -0.15) is 5.48 Å². The van der Waals surface area contributed by atoms with Crippen molar-refractivity contribution in [2.45, 2.75) is 106 Å². The minimum atomic E-state index is -0.755. The van der Waals surface area contributed by atoms with E-state index in [1.807, 2.05) is 36.1 Å². The summed E-state index contributed by atoms with van der Waals surface area (Å²) < 4.78 is 31.4. The smallest absolute Gasteiger partial charge is 0.431 e. The monoisotopic (exact) mass is 824 g/mol. The van der Waals surface area contributed by atoms with E-state index in [0.717, 1.165) is 11.1 Å². The summed E-state index contributed by atoms with van der Waals surface area (Å²) in [7, 11) is 0. The number of benzene rings is 1. The van der Waals surface area contributed by atoms with Crippen LogP contribution in [0.5, 0.6) is 0 Å². The first-order valence-corrected chi connectivity index (χ1v) is 20.3. The van der Waals surface area contributed by atoms with Crippen molar-refractivity contribution in [3.8, 4) is 0 Å². The third-order valence-corrected chi connectivity index (χ3v) is 8.39. The summed E-state index contributed by atoms with van der Waals surface area (Å²) in [5, 5.41) is 0. The molecule has 0 bridgehead atoms. The average Bonchev–Trinajstić information content (AvgIpc) is 3.14. The summed E-state index contributed by atoms with van der Waals surface area (Å²) in [6.07, 6.45) is 1.10. The van der Waals surface area contributed by atoms with E-state index in [1.165, 1.54) is 0 Å². The fourth-order valence-electron chi connectivity index (χ4n) is 5.84. The molecule has 1 aromatic carbocycles. The summed E-state index contributed by atoms with van der Waals surface area (Å²) in [4.78, 5) is 86.6. The Morgan fingerprint density at radius 3 is 1.43 bits per heavy atom. The van der Waals surface area contributed by atoms with Crippen molar-refractivity contribution in [1.29, 1.82) is 0 Å². The Morgan fingerprint density at radius 2 is 1.05 bits per heavy atom. The predicted molar refractivity (Wildman–Crippen MR) is 214 cm³/mol.